The predicted octanol–water partition coefficient (Wildman–Crippen LogP) is 3.53. The second kappa shape index (κ2) is 4.58. The lowest BCUT2D eigenvalue weighted by atomic mass is 10.0. The molecule has 12 heavy (non-hydrogen) atoms. The lowest BCUT2D eigenvalue weighted by molar-refractivity contribution is 0.311. The molecule has 0 aromatic rings. The van der Waals surface area contributed by atoms with Gasteiger partial charge in [-0.15, -0.1) is 0 Å². The van der Waals surface area contributed by atoms with Crippen LogP contribution in [0.4, 0.5) is 0 Å². The Morgan fingerprint density at radius 1 is 0.917 bits per heavy atom. The van der Waals surface area contributed by atoms with Gasteiger partial charge in [0.2, 0.25) is 0 Å². The number of hydrogen-bond donors (Lipinski definition) is 0. The van der Waals surface area contributed by atoms with Crippen molar-refractivity contribution in [3.63, 3.8) is 0 Å². The maximum Gasteiger partial charge on any atom is 0.0509 e. The third-order valence-electron chi connectivity index (χ3n) is 3.01. The van der Waals surface area contributed by atoms with E-state index in [1.165, 1.54) is 51.1 Å². The third-order valence-corrected chi connectivity index (χ3v) is 5.61. The molecule has 1 saturated heterocycles. The second-order valence-electron chi connectivity index (χ2n) is 3.97. The summed E-state index contributed by atoms with van der Waals surface area (Å²) in [7, 11) is 0.0101. The highest BCUT2D eigenvalue weighted by atomic mass is 31.1. The van der Waals surface area contributed by atoms with Crippen LogP contribution in [0.2, 0.25) is 0 Å². The molecule has 1 aliphatic carbocycles. The van der Waals surface area contributed by atoms with Crippen LogP contribution < -0.4 is 0 Å². The maximum absolute atomic E-state index is 5.88. The quantitative estimate of drug-likeness (QED) is 0.569. The zero-order valence-corrected chi connectivity index (χ0v) is 8.69. The van der Waals surface area contributed by atoms with Crippen molar-refractivity contribution in [2.24, 2.45) is 0 Å². The molecular formula is C10H19OP. The molecule has 1 unspecified atom stereocenters. The minimum Gasteiger partial charge on any atom is -0.359 e. The highest BCUT2D eigenvalue weighted by Crippen LogP contribution is 2.51. The number of rotatable bonds is 1. The van der Waals surface area contributed by atoms with Crippen LogP contribution in [0.3, 0.4) is 0 Å². The molecule has 2 fully saturated rings. The SMILES string of the molecule is C1CCC(P2CCCCO2)CC1. The highest BCUT2D eigenvalue weighted by molar-refractivity contribution is 7.53. The average molecular weight is 186 g/mol. The van der Waals surface area contributed by atoms with Gasteiger partial charge in [-0.05, 0) is 31.8 Å². The van der Waals surface area contributed by atoms with E-state index >= 15 is 0 Å². The molecule has 0 aromatic carbocycles. The number of hydrogen-bond acceptors (Lipinski definition) is 1. The fourth-order valence-corrected chi connectivity index (χ4v) is 4.82. The smallest absolute Gasteiger partial charge is 0.0509 e. The molecule has 1 nitrogen and oxygen atoms in total. The Bertz CT molecular complexity index is 110. The first-order valence-corrected chi connectivity index (χ1v) is 6.88. The van der Waals surface area contributed by atoms with E-state index in [1.54, 1.807) is 0 Å². The summed E-state index contributed by atoms with van der Waals surface area (Å²) >= 11 is 0. The van der Waals surface area contributed by atoms with E-state index in [4.69, 9.17) is 4.52 Å². The lowest BCUT2D eigenvalue weighted by Crippen LogP contribution is -2.16. The largest absolute Gasteiger partial charge is 0.359 e. The summed E-state index contributed by atoms with van der Waals surface area (Å²) in [4.78, 5) is 0. The van der Waals surface area contributed by atoms with E-state index < -0.39 is 0 Å². The van der Waals surface area contributed by atoms with Gasteiger partial charge in [-0.2, -0.15) is 0 Å². The van der Waals surface area contributed by atoms with Gasteiger partial charge in [0.05, 0.1) is 6.61 Å². The van der Waals surface area contributed by atoms with E-state index in [-0.39, 0.29) is 8.15 Å². The molecule has 1 atom stereocenters. The molecule has 2 rings (SSSR count). The van der Waals surface area contributed by atoms with Crippen LogP contribution in [-0.2, 0) is 4.52 Å². The van der Waals surface area contributed by atoms with Crippen LogP contribution in [0.5, 0.6) is 0 Å². The summed E-state index contributed by atoms with van der Waals surface area (Å²) in [5.41, 5.74) is 0.981. The van der Waals surface area contributed by atoms with Crippen LogP contribution in [0.1, 0.15) is 44.9 Å². The van der Waals surface area contributed by atoms with Gasteiger partial charge in [0.15, 0.2) is 0 Å². The second-order valence-corrected chi connectivity index (χ2v) is 6.24. The normalized spacial score (nSPS) is 33.5. The molecule has 2 heteroatoms. The summed E-state index contributed by atoms with van der Waals surface area (Å²) in [5.74, 6) is 0. The van der Waals surface area contributed by atoms with E-state index in [1.807, 2.05) is 0 Å². The molecular weight excluding hydrogens is 167 g/mol. The Kier molecular flexibility index (Phi) is 3.42. The average Bonchev–Trinajstić information content (AvgIpc) is 2.21. The van der Waals surface area contributed by atoms with Crippen molar-refractivity contribution < 1.29 is 4.52 Å². The van der Waals surface area contributed by atoms with Crippen LogP contribution in [0.15, 0.2) is 0 Å². The molecule has 70 valence electrons. The fraction of sp³-hybridized carbons (Fsp3) is 1.00. The van der Waals surface area contributed by atoms with E-state index in [0.29, 0.717) is 0 Å². The van der Waals surface area contributed by atoms with Gasteiger partial charge in [-0.25, -0.2) is 0 Å². The monoisotopic (exact) mass is 186 g/mol. The van der Waals surface area contributed by atoms with Crippen LogP contribution in [0, 0.1) is 0 Å². The molecule has 0 amide bonds. The first-order valence-electron chi connectivity index (χ1n) is 5.36. The summed E-state index contributed by atoms with van der Waals surface area (Å²) < 4.78 is 5.88. The van der Waals surface area contributed by atoms with E-state index in [2.05, 4.69) is 0 Å². The van der Waals surface area contributed by atoms with Crippen molar-refractivity contribution in [1.82, 2.24) is 0 Å². The minimum absolute atomic E-state index is 0.0101. The van der Waals surface area contributed by atoms with Gasteiger partial charge in [0, 0.05) is 13.8 Å². The summed E-state index contributed by atoms with van der Waals surface area (Å²) in [6.45, 7) is 1.06. The summed E-state index contributed by atoms with van der Waals surface area (Å²) in [6.07, 6.45) is 11.5. The molecule has 1 aliphatic heterocycles. The van der Waals surface area contributed by atoms with Gasteiger partial charge in [-0.1, -0.05) is 19.3 Å². The van der Waals surface area contributed by atoms with Crippen LogP contribution in [0.25, 0.3) is 0 Å². The Hall–Kier alpha value is 0.390. The molecule has 0 N–H and O–H groups in total. The standard InChI is InChI=1S/C10H19OP/c1-2-6-10(7-3-1)12-9-5-4-8-11-12/h10H,1-9H2. The van der Waals surface area contributed by atoms with E-state index in [9.17, 15) is 0 Å². The predicted molar refractivity (Wildman–Crippen MR) is 53.8 cm³/mol. The Labute approximate surface area is 76.7 Å². The molecule has 1 saturated carbocycles. The van der Waals surface area contributed by atoms with Gasteiger partial charge in [0.25, 0.3) is 0 Å². The van der Waals surface area contributed by atoms with Gasteiger partial charge >= 0.3 is 0 Å². The highest BCUT2D eigenvalue weighted by Gasteiger charge is 2.25. The Morgan fingerprint density at radius 3 is 2.42 bits per heavy atom. The molecule has 0 radical (unpaired) electrons. The first kappa shape index (κ1) is 8.97. The van der Waals surface area contributed by atoms with Crippen molar-refractivity contribution in [3.8, 4) is 0 Å². The van der Waals surface area contributed by atoms with Crippen LogP contribution >= 0.6 is 8.15 Å². The first-order chi connectivity index (χ1) is 5.97. The molecule has 0 spiro atoms. The van der Waals surface area contributed by atoms with Crippen molar-refractivity contribution in [2.45, 2.75) is 50.6 Å². The maximum atomic E-state index is 5.88. The molecule has 0 aromatic heterocycles. The summed E-state index contributed by atoms with van der Waals surface area (Å²) in [6, 6.07) is 0. The van der Waals surface area contributed by atoms with Crippen molar-refractivity contribution >= 4 is 8.15 Å². The summed E-state index contributed by atoms with van der Waals surface area (Å²) in [5, 5.41) is 0. The third kappa shape index (κ3) is 2.20. The van der Waals surface area contributed by atoms with Crippen molar-refractivity contribution in [1.29, 1.82) is 0 Å². The lowest BCUT2D eigenvalue weighted by Gasteiger charge is -2.32. The molecule has 1 heterocycles. The van der Waals surface area contributed by atoms with Gasteiger partial charge in [0.1, 0.15) is 0 Å². The Morgan fingerprint density at radius 2 is 1.75 bits per heavy atom. The molecule has 0 bridgehead atoms. The minimum atomic E-state index is 0.0101. The Balaban J connectivity index is 1.80. The van der Waals surface area contributed by atoms with Gasteiger partial charge < -0.3 is 4.52 Å². The van der Waals surface area contributed by atoms with Crippen LogP contribution in [-0.4, -0.2) is 18.4 Å². The fourth-order valence-electron chi connectivity index (χ4n) is 2.27. The van der Waals surface area contributed by atoms with Crippen molar-refractivity contribution in [2.75, 3.05) is 12.8 Å². The zero-order chi connectivity index (χ0) is 8.23. The molecule has 2 aliphatic rings. The van der Waals surface area contributed by atoms with Gasteiger partial charge in [-0.3, -0.25) is 0 Å². The van der Waals surface area contributed by atoms with Crippen molar-refractivity contribution in [3.05, 3.63) is 0 Å². The topological polar surface area (TPSA) is 9.23 Å². The van der Waals surface area contributed by atoms with E-state index in [0.717, 1.165) is 12.3 Å². The zero-order valence-electron chi connectivity index (χ0n) is 7.80.